The molecule has 0 saturated carbocycles. The lowest BCUT2D eigenvalue weighted by Gasteiger charge is -2.22. The van der Waals surface area contributed by atoms with Gasteiger partial charge in [0.15, 0.2) is 5.69 Å². The average molecular weight is 290 g/mol. The van der Waals surface area contributed by atoms with E-state index in [0.29, 0.717) is 0 Å². The number of rotatable bonds is 3. The van der Waals surface area contributed by atoms with Crippen molar-refractivity contribution < 1.29 is 9.18 Å². The Kier molecular flexibility index (Phi) is 3.87. The van der Waals surface area contributed by atoms with Crippen molar-refractivity contribution in [2.75, 3.05) is 18.4 Å². The molecule has 0 aromatic carbocycles. The molecule has 0 bridgehead atoms. The molecule has 1 aliphatic rings. The summed E-state index contributed by atoms with van der Waals surface area (Å²) in [7, 11) is 0. The Balaban J connectivity index is 1.69. The molecular formula is C13H15FN6O. The molecule has 0 aliphatic carbocycles. The Hall–Kier alpha value is -2.35. The third kappa shape index (κ3) is 3.22. The number of hydrogen-bond donors (Lipinski definition) is 2. The largest absolute Gasteiger partial charge is 0.317 e. The lowest BCUT2D eigenvalue weighted by molar-refractivity contribution is 0.102. The van der Waals surface area contributed by atoms with Gasteiger partial charge in [-0.3, -0.25) is 4.79 Å². The molecule has 1 amide bonds. The van der Waals surface area contributed by atoms with Crippen molar-refractivity contribution in [3.63, 3.8) is 0 Å². The number of aromatic nitrogens is 4. The van der Waals surface area contributed by atoms with E-state index in [1.807, 2.05) is 0 Å². The number of carbonyl (C=O) groups is 1. The highest BCUT2D eigenvalue weighted by Crippen LogP contribution is 2.17. The van der Waals surface area contributed by atoms with E-state index in [2.05, 4.69) is 25.9 Å². The molecule has 21 heavy (non-hydrogen) atoms. The summed E-state index contributed by atoms with van der Waals surface area (Å²) in [6.07, 6.45) is 3.52. The smallest absolute Gasteiger partial charge is 0.278 e. The quantitative estimate of drug-likeness (QED) is 0.823. The van der Waals surface area contributed by atoms with E-state index in [1.165, 1.54) is 18.2 Å². The average Bonchev–Trinajstić information content (AvgIpc) is 2.98. The normalized spacial score (nSPS) is 15.9. The van der Waals surface area contributed by atoms with Gasteiger partial charge in [-0.05, 0) is 38.1 Å². The fraction of sp³-hybridized carbons (Fsp3) is 0.385. The van der Waals surface area contributed by atoms with Gasteiger partial charge in [0.1, 0.15) is 5.82 Å². The van der Waals surface area contributed by atoms with Crippen LogP contribution in [-0.4, -0.2) is 39.0 Å². The molecular weight excluding hydrogens is 275 g/mol. The van der Waals surface area contributed by atoms with E-state index in [9.17, 15) is 9.18 Å². The molecule has 2 N–H and O–H groups in total. The van der Waals surface area contributed by atoms with Crippen molar-refractivity contribution >= 4 is 11.7 Å². The number of amides is 1. The van der Waals surface area contributed by atoms with Crippen LogP contribution in [0, 0.1) is 5.95 Å². The van der Waals surface area contributed by atoms with E-state index in [1.54, 1.807) is 10.9 Å². The zero-order chi connectivity index (χ0) is 14.7. The maximum absolute atomic E-state index is 13.0. The third-order valence-corrected chi connectivity index (χ3v) is 3.38. The molecule has 110 valence electrons. The van der Waals surface area contributed by atoms with Crippen LogP contribution in [0.3, 0.4) is 0 Å². The highest BCUT2D eigenvalue weighted by Gasteiger charge is 2.19. The lowest BCUT2D eigenvalue weighted by atomic mass is 10.1. The van der Waals surface area contributed by atoms with Crippen LogP contribution in [0.25, 0.3) is 0 Å². The van der Waals surface area contributed by atoms with Gasteiger partial charge in [-0.1, -0.05) is 11.3 Å². The van der Waals surface area contributed by atoms with Crippen molar-refractivity contribution in [2.45, 2.75) is 18.9 Å². The monoisotopic (exact) mass is 290 g/mol. The number of nitrogens with one attached hydrogen (secondary N) is 2. The first-order chi connectivity index (χ1) is 10.2. The van der Waals surface area contributed by atoms with Gasteiger partial charge in [0.2, 0.25) is 5.95 Å². The second kappa shape index (κ2) is 5.96. The Morgan fingerprint density at radius 3 is 2.95 bits per heavy atom. The van der Waals surface area contributed by atoms with Gasteiger partial charge in [-0.2, -0.15) is 4.39 Å². The first-order valence-corrected chi connectivity index (χ1v) is 6.79. The van der Waals surface area contributed by atoms with Crippen molar-refractivity contribution in [3.8, 4) is 0 Å². The van der Waals surface area contributed by atoms with E-state index in [4.69, 9.17) is 0 Å². The highest BCUT2D eigenvalue weighted by atomic mass is 19.1. The number of carbonyl (C=O) groups excluding carboxylic acids is 1. The van der Waals surface area contributed by atoms with E-state index in [0.717, 1.165) is 25.9 Å². The SMILES string of the molecule is O=C(Nc1cccc(F)n1)c1cn(C2CCNCC2)nn1. The molecule has 1 aliphatic heterocycles. The minimum absolute atomic E-state index is 0.149. The zero-order valence-corrected chi connectivity index (χ0v) is 11.3. The minimum Gasteiger partial charge on any atom is -0.317 e. The van der Waals surface area contributed by atoms with Gasteiger partial charge in [-0.25, -0.2) is 9.67 Å². The summed E-state index contributed by atoms with van der Waals surface area (Å²) in [4.78, 5) is 15.6. The van der Waals surface area contributed by atoms with Gasteiger partial charge in [-0.15, -0.1) is 5.10 Å². The summed E-state index contributed by atoms with van der Waals surface area (Å²) in [6, 6.07) is 4.46. The van der Waals surface area contributed by atoms with Crippen LogP contribution in [0.4, 0.5) is 10.2 Å². The predicted molar refractivity (Wildman–Crippen MR) is 73.3 cm³/mol. The van der Waals surface area contributed by atoms with Crippen LogP contribution in [-0.2, 0) is 0 Å². The number of nitrogens with zero attached hydrogens (tertiary/aromatic N) is 4. The molecule has 1 fully saturated rings. The van der Waals surface area contributed by atoms with Crippen LogP contribution in [0.5, 0.6) is 0 Å². The lowest BCUT2D eigenvalue weighted by Crippen LogP contribution is -2.29. The molecule has 8 heteroatoms. The van der Waals surface area contributed by atoms with Gasteiger partial charge in [0.05, 0.1) is 12.2 Å². The molecule has 7 nitrogen and oxygen atoms in total. The number of halogens is 1. The van der Waals surface area contributed by atoms with E-state index >= 15 is 0 Å². The van der Waals surface area contributed by atoms with E-state index < -0.39 is 11.9 Å². The Labute approximate surface area is 120 Å². The summed E-state index contributed by atoms with van der Waals surface area (Å²) in [6.45, 7) is 1.86. The first kappa shape index (κ1) is 13.6. The standard InChI is InChI=1S/C13H15FN6O/c14-11-2-1-3-12(16-11)17-13(21)10-8-20(19-18-10)9-4-6-15-7-5-9/h1-3,8-9,15H,4-7H2,(H,16,17,21). The van der Waals surface area contributed by atoms with Crippen LogP contribution in [0.15, 0.2) is 24.4 Å². The number of piperidine rings is 1. The van der Waals surface area contributed by atoms with Gasteiger partial charge < -0.3 is 10.6 Å². The topological polar surface area (TPSA) is 84.7 Å². The molecule has 3 heterocycles. The second-order valence-corrected chi connectivity index (χ2v) is 4.86. The molecule has 0 unspecified atom stereocenters. The molecule has 1 saturated heterocycles. The molecule has 0 radical (unpaired) electrons. The van der Waals surface area contributed by atoms with Crippen molar-refractivity contribution in [1.29, 1.82) is 0 Å². The van der Waals surface area contributed by atoms with Crippen molar-refractivity contribution in [2.24, 2.45) is 0 Å². The first-order valence-electron chi connectivity index (χ1n) is 6.79. The molecule has 0 atom stereocenters. The van der Waals surface area contributed by atoms with Crippen molar-refractivity contribution in [3.05, 3.63) is 36.0 Å². The van der Waals surface area contributed by atoms with Gasteiger partial charge in [0.25, 0.3) is 5.91 Å². The fourth-order valence-corrected chi connectivity index (χ4v) is 2.29. The fourth-order valence-electron chi connectivity index (χ4n) is 2.29. The molecule has 0 spiro atoms. The summed E-state index contributed by atoms with van der Waals surface area (Å²) >= 11 is 0. The van der Waals surface area contributed by atoms with E-state index in [-0.39, 0.29) is 17.6 Å². The minimum atomic E-state index is -0.647. The zero-order valence-electron chi connectivity index (χ0n) is 11.3. The highest BCUT2D eigenvalue weighted by molar-refractivity contribution is 6.01. The molecule has 3 rings (SSSR count). The Morgan fingerprint density at radius 2 is 2.19 bits per heavy atom. The molecule has 2 aromatic heterocycles. The summed E-state index contributed by atoms with van der Waals surface area (Å²) < 4.78 is 14.7. The summed E-state index contributed by atoms with van der Waals surface area (Å²) in [5.41, 5.74) is 0.194. The van der Waals surface area contributed by atoms with Crippen LogP contribution in [0.2, 0.25) is 0 Å². The van der Waals surface area contributed by atoms with Gasteiger partial charge in [0, 0.05) is 0 Å². The van der Waals surface area contributed by atoms with Crippen molar-refractivity contribution in [1.82, 2.24) is 25.3 Å². The number of pyridine rings is 1. The summed E-state index contributed by atoms with van der Waals surface area (Å²) in [5, 5.41) is 13.6. The summed E-state index contributed by atoms with van der Waals surface area (Å²) in [5.74, 6) is -0.948. The predicted octanol–water partition coefficient (Wildman–Crippen LogP) is 0.989. The third-order valence-electron chi connectivity index (χ3n) is 3.38. The number of anilines is 1. The second-order valence-electron chi connectivity index (χ2n) is 4.86. The molecule has 2 aromatic rings. The van der Waals surface area contributed by atoms with Crippen LogP contribution >= 0.6 is 0 Å². The maximum atomic E-state index is 13.0. The van der Waals surface area contributed by atoms with Gasteiger partial charge >= 0.3 is 0 Å². The van der Waals surface area contributed by atoms with Crippen LogP contribution < -0.4 is 10.6 Å². The Bertz CT molecular complexity index is 637. The number of hydrogen-bond acceptors (Lipinski definition) is 5. The Morgan fingerprint density at radius 1 is 1.38 bits per heavy atom. The maximum Gasteiger partial charge on any atom is 0.278 e. The van der Waals surface area contributed by atoms with Crippen LogP contribution in [0.1, 0.15) is 29.4 Å².